The van der Waals surface area contributed by atoms with Gasteiger partial charge in [0.2, 0.25) is 6.08 Å². The summed E-state index contributed by atoms with van der Waals surface area (Å²) in [6.07, 6.45) is 1.69. The maximum atomic E-state index is 10.5. The molecule has 1 rings (SSSR count). The van der Waals surface area contributed by atoms with E-state index in [1.165, 1.54) is 22.3 Å². The Morgan fingerprint density at radius 3 is 2.00 bits per heavy atom. The first-order valence-electron chi connectivity index (χ1n) is 5.62. The van der Waals surface area contributed by atoms with Crippen LogP contribution in [0.2, 0.25) is 0 Å². The fourth-order valence-corrected chi connectivity index (χ4v) is 2.26. The Bertz CT molecular complexity index is 405. The Morgan fingerprint density at radius 2 is 1.62 bits per heavy atom. The molecule has 1 aromatic rings. The van der Waals surface area contributed by atoms with Crippen LogP contribution in [0.1, 0.15) is 42.1 Å². The molecule has 2 nitrogen and oxygen atoms in total. The molecule has 0 saturated heterocycles. The number of hydrogen-bond donors (Lipinski definition) is 0. The number of hydrogen-bond acceptors (Lipinski definition) is 2. The van der Waals surface area contributed by atoms with Gasteiger partial charge in [0.25, 0.3) is 0 Å². The maximum absolute atomic E-state index is 10.5. The molecule has 1 atom stereocenters. The molecular weight excluding hydrogens is 198 g/mol. The molecule has 0 aromatic heterocycles. The Kier molecular flexibility index (Phi) is 4.03. The second-order valence-electron chi connectivity index (χ2n) is 4.72. The predicted molar refractivity (Wildman–Crippen MR) is 66.4 cm³/mol. The van der Waals surface area contributed by atoms with Gasteiger partial charge in [-0.3, -0.25) is 0 Å². The van der Waals surface area contributed by atoms with Crippen molar-refractivity contribution >= 4 is 6.08 Å². The van der Waals surface area contributed by atoms with Crippen molar-refractivity contribution in [1.82, 2.24) is 0 Å². The Morgan fingerprint density at radius 1 is 1.12 bits per heavy atom. The highest BCUT2D eigenvalue weighted by molar-refractivity contribution is 5.43. The van der Waals surface area contributed by atoms with Crippen molar-refractivity contribution in [2.24, 2.45) is 10.9 Å². The zero-order chi connectivity index (χ0) is 12.3. The van der Waals surface area contributed by atoms with Gasteiger partial charge in [-0.2, -0.15) is 4.99 Å². The molecule has 0 aliphatic carbocycles. The van der Waals surface area contributed by atoms with E-state index in [4.69, 9.17) is 0 Å². The first kappa shape index (κ1) is 12.7. The van der Waals surface area contributed by atoms with Gasteiger partial charge in [0, 0.05) is 0 Å². The van der Waals surface area contributed by atoms with E-state index in [2.05, 4.69) is 51.7 Å². The lowest BCUT2D eigenvalue weighted by atomic mass is 9.88. The van der Waals surface area contributed by atoms with Crippen molar-refractivity contribution in [3.05, 3.63) is 34.4 Å². The third kappa shape index (κ3) is 2.59. The average molecular weight is 217 g/mol. The lowest BCUT2D eigenvalue weighted by Crippen LogP contribution is -2.08. The van der Waals surface area contributed by atoms with Crippen molar-refractivity contribution in [2.45, 2.75) is 40.7 Å². The summed E-state index contributed by atoms with van der Waals surface area (Å²) in [5, 5.41) is 0. The fourth-order valence-electron chi connectivity index (χ4n) is 2.26. The van der Waals surface area contributed by atoms with Gasteiger partial charge < -0.3 is 0 Å². The molecule has 0 spiro atoms. The highest BCUT2D eigenvalue weighted by atomic mass is 16.1. The van der Waals surface area contributed by atoms with Crippen LogP contribution in [0.15, 0.2) is 17.1 Å². The zero-order valence-corrected chi connectivity index (χ0v) is 10.7. The van der Waals surface area contributed by atoms with Crippen molar-refractivity contribution in [3.8, 4) is 0 Å². The SMILES string of the molecule is Cc1cc(C)c(C(N=C=O)C(C)C)c(C)c1. The summed E-state index contributed by atoms with van der Waals surface area (Å²) >= 11 is 0. The van der Waals surface area contributed by atoms with Gasteiger partial charge in [-0.15, -0.1) is 0 Å². The molecule has 0 bridgehead atoms. The van der Waals surface area contributed by atoms with Gasteiger partial charge in [-0.1, -0.05) is 31.5 Å². The van der Waals surface area contributed by atoms with Crippen molar-refractivity contribution in [2.75, 3.05) is 0 Å². The molecule has 1 unspecified atom stereocenters. The minimum Gasteiger partial charge on any atom is -0.211 e. The number of isocyanates is 1. The van der Waals surface area contributed by atoms with Crippen LogP contribution in [0.5, 0.6) is 0 Å². The molecule has 16 heavy (non-hydrogen) atoms. The van der Waals surface area contributed by atoms with Crippen LogP contribution in [0, 0.1) is 26.7 Å². The molecule has 2 heteroatoms. The van der Waals surface area contributed by atoms with Crippen LogP contribution in [0.3, 0.4) is 0 Å². The number of carbonyl (C=O) groups excluding carboxylic acids is 1. The topological polar surface area (TPSA) is 29.4 Å². The van der Waals surface area contributed by atoms with Gasteiger partial charge >= 0.3 is 0 Å². The minimum atomic E-state index is -0.0712. The van der Waals surface area contributed by atoms with Crippen LogP contribution < -0.4 is 0 Å². The lowest BCUT2D eigenvalue weighted by molar-refractivity contribution is 0.499. The first-order valence-corrected chi connectivity index (χ1v) is 5.62. The van der Waals surface area contributed by atoms with Gasteiger partial charge in [-0.25, -0.2) is 4.79 Å². The van der Waals surface area contributed by atoms with Crippen molar-refractivity contribution in [1.29, 1.82) is 0 Å². The van der Waals surface area contributed by atoms with Crippen molar-refractivity contribution in [3.63, 3.8) is 0 Å². The average Bonchev–Trinajstić information content (AvgIpc) is 2.14. The summed E-state index contributed by atoms with van der Waals surface area (Å²) < 4.78 is 0. The number of nitrogens with zero attached hydrogens (tertiary/aromatic N) is 1. The molecular formula is C14H19NO. The van der Waals surface area contributed by atoms with Crippen LogP contribution in [-0.4, -0.2) is 6.08 Å². The number of benzene rings is 1. The quantitative estimate of drug-likeness (QED) is 0.561. The molecule has 0 amide bonds. The van der Waals surface area contributed by atoms with Gasteiger partial charge in [0.15, 0.2) is 0 Å². The Hall–Kier alpha value is -1.40. The van der Waals surface area contributed by atoms with Crippen LogP contribution in [0.25, 0.3) is 0 Å². The zero-order valence-electron chi connectivity index (χ0n) is 10.7. The van der Waals surface area contributed by atoms with E-state index in [0.717, 1.165) is 0 Å². The van der Waals surface area contributed by atoms with E-state index >= 15 is 0 Å². The summed E-state index contributed by atoms with van der Waals surface area (Å²) in [6.45, 7) is 10.4. The molecule has 0 N–H and O–H groups in total. The van der Waals surface area contributed by atoms with E-state index in [-0.39, 0.29) is 6.04 Å². The molecule has 0 aliphatic heterocycles. The number of aryl methyl sites for hydroxylation is 3. The van der Waals surface area contributed by atoms with Crippen LogP contribution >= 0.6 is 0 Å². The van der Waals surface area contributed by atoms with Gasteiger partial charge in [-0.05, 0) is 43.4 Å². The molecule has 1 aromatic carbocycles. The third-order valence-electron chi connectivity index (χ3n) is 2.86. The normalized spacial score (nSPS) is 12.4. The predicted octanol–water partition coefficient (Wildman–Crippen LogP) is 3.64. The summed E-state index contributed by atoms with van der Waals surface area (Å²) in [7, 11) is 0. The molecule has 0 fully saturated rings. The molecule has 0 heterocycles. The van der Waals surface area contributed by atoms with Crippen LogP contribution in [-0.2, 0) is 4.79 Å². The molecule has 86 valence electrons. The van der Waals surface area contributed by atoms with E-state index in [1.54, 1.807) is 6.08 Å². The minimum absolute atomic E-state index is 0.0712. The largest absolute Gasteiger partial charge is 0.235 e. The maximum Gasteiger partial charge on any atom is 0.235 e. The van der Waals surface area contributed by atoms with Crippen LogP contribution in [0.4, 0.5) is 0 Å². The number of aliphatic imine (C=N–C) groups is 1. The summed E-state index contributed by atoms with van der Waals surface area (Å²) in [5.74, 6) is 0.307. The van der Waals surface area contributed by atoms with E-state index in [1.807, 2.05) is 0 Å². The monoisotopic (exact) mass is 217 g/mol. The second kappa shape index (κ2) is 5.09. The van der Waals surface area contributed by atoms with E-state index in [0.29, 0.717) is 5.92 Å². The molecule has 0 radical (unpaired) electrons. The van der Waals surface area contributed by atoms with Gasteiger partial charge in [0.05, 0.1) is 6.04 Å². The fraction of sp³-hybridized carbons (Fsp3) is 0.500. The Labute approximate surface area is 97.4 Å². The van der Waals surface area contributed by atoms with Crippen molar-refractivity contribution < 1.29 is 4.79 Å². The number of rotatable bonds is 3. The highest BCUT2D eigenvalue weighted by Crippen LogP contribution is 2.31. The van der Waals surface area contributed by atoms with Gasteiger partial charge in [0.1, 0.15) is 0 Å². The Balaban J connectivity index is 3.34. The summed E-state index contributed by atoms with van der Waals surface area (Å²) in [4.78, 5) is 14.4. The second-order valence-corrected chi connectivity index (χ2v) is 4.72. The van der Waals surface area contributed by atoms with E-state index < -0.39 is 0 Å². The summed E-state index contributed by atoms with van der Waals surface area (Å²) in [6, 6.07) is 4.20. The lowest BCUT2D eigenvalue weighted by Gasteiger charge is -2.20. The smallest absolute Gasteiger partial charge is 0.211 e. The highest BCUT2D eigenvalue weighted by Gasteiger charge is 2.19. The summed E-state index contributed by atoms with van der Waals surface area (Å²) in [5.41, 5.74) is 4.82. The standard InChI is InChI=1S/C14H19NO/c1-9(2)14(15-8-16)13-11(4)6-10(3)7-12(13)5/h6-7,9,14H,1-5H3. The molecule has 0 saturated carbocycles. The van der Waals surface area contributed by atoms with E-state index in [9.17, 15) is 4.79 Å². The first-order chi connectivity index (χ1) is 7.47. The molecule has 0 aliphatic rings. The third-order valence-corrected chi connectivity index (χ3v) is 2.86.